The highest BCUT2D eigenvalue weighted by molar-refractivity contribution is 5.95. The minimum Gasteiger partial charge on any atom is -0.383 e. The lowest BCUT2D eigenvalue weighted by Gasteiger charge is -2.28. The third-order valence-electron chi connectivity index (χ3n) is 3.35. The van der Waals surface area contributed by atoms with Gasteiger partial charge < -0.3 is 15.1 Å². The zero-order chi connectivity index (χ0) is 16.0. The van der Waals surface area contributed by atoms with Crippen LogP contribution in [0.15, 0.2) is 12.1 Å². The van der Waals surface area contributed by atoms with E-state index < -0.39 is 23.2 Å². The lowest BCUT2D eigenvalue weighted by atomic mass is 10.1. The number of anilines is 1. The minimum absolute atomic E-state index is 0.0552. The van der Waals surface area contributed by atoms with Gasteiger partial charge in [-0.1, -0.05) is 6.92 Å². The molecule has 0 aliphatic rings. The van der Waals surface area contributed by atoms with E-state index in [-0.39, 0.29) is 11.6 Å². The highest BCUT2D eigenvalue weighted by Crippen LogP contribution is 2.21. The van der Waals surface area contributed by atoms with Crippen LogP contribution in [0.5, 0.6) is 0 Å². The second-order valence-electron chi connectivity index (χ2n) is 4.71. The standard InChI is InChI=1S/C14H21F2N3O2/c1-4-9(2)19(5-6-21-3)14(20)10-7-11(15)13(18-17)12(16)8-10/h7-9,18H,4-6,17H2,1-3H3. The summed E-state index contributed by atoms with van der Waals surface area (Å²) < 4.78 is 32.4. The summed E-state index contributed by atoms with van der Waals surface area (Å²) in [6, 6.07) is 1.89. The van der Waals surface area contributed by atoms with Crippen molar-refractivity contribution < 1.29 is 18.3 Å². The summed E-state index contributed by atoms with van der Waals surface area (Å²) in [5.41, 5.74) is 1.42. The highest BCUT2D eigenvalue weighted by Gasteiger charge is 2.22. The molecule has 1 aromatic carbocycles. The van der Waals surface area contributed by atoms with Crippen molar-refractivity contribution in [3.63, 3.8) is 0 Å². The number of nitrogens with zero attached hydrogens (tertiary/aromatic N) is 1. The van der Waals surface area contributed by atoms with Crippen LogP contribution in [0.3, 0.4) is 0 Å². The van der Waals surface area contributed by atoms with Crippen LogP contribution in [0.4, 0.5) is 14.5 Å². The van der Waals surface area contributed by atoms with Crippen molar-refractivity contribution in [2.45, 2.75) is 26.3 Å². The Bertz CT molecular complexity index is 474. The zero-order valence-corrected chi connectivity index (χ0v) is 12.5. The van der Waals surface area contributed by atoms with Gasteiger partial charge >= 0.3 is 0 Å². The van der Waals surface area contributed by atoms with Gasteiger partial charge in [0, 0.05) is 25.3 Å². The number of nitrogen functional groups attached to an aromatic ring is 1. The Morgan fingerprint density at radius 2 is 2.00 bits per heavy atom. The van der Waals surface area contributed by atoms with E-state index in [1.807, 2.05) is 19.3 Å². The average molecular weight is 301 g/mol. The minimum atomic E-state index is -0.906. The number of halogens is 2. The molecule has 1 unspecified atom stereocenters. The first kappa shape index (κ1) is 17.3. The van der Waals surface area contributed by atoms with Crippen LogP contribution in [0.25, 0.3) is 0 Å². The summed E-state index contributed by atoms with van der Waals surface area (Å²) in [7, 11) is 1.53. The van der Waals surface area contributed by atoms with Crippen molar-refractivity contribution in [2.24, 2.45) is 5.84 Å². The number of nitrogens with two attached hydrogens (primary N) is 1. The van der Waals surface area contributed by atoms with E-state index in [9.17, 15) is 13.6 Å². The molecule has 7 heteroatoms. The second kappa shape index (κ2) is 7.90. The fourth-order valence-corrected chi connectivity index (χ4v) is 1.93. The molecule has 21 heavy (non-hydrogen) atoms. The summed E-state index contributed by atoms with van der Waals surface area (Å²) in [5.74, 6) is 2.78. The van der Waals surface area contributed by atoms with Crippen LogP contribution >= 0.6 is 0 Å². The molecular weight excluding hydrogens is 280 g/mol. The smallest absolute Gasteiger partial charge is 0.254 e. The SMILES string of the molecule is CCC(C)N(CCOC)C(=O)c1cc(F)c(NN)c(F)c1. The zero-order valence-electron chi connectivity index (χ0n) is 12.5. The van der Waals surface area contributed by atoms with Crippen molar-refractivity contribution in [3.05, 3.63) is 29.3 Å². The van der Waals surface area contributed by atoms with Gasteiger partial charge in [0.05, 0.1) is 6.61 Å². The molecule has 1 aromatic rings. The van der Waals surface area contributed by atoms with Gasteiger partial charge in [0.2, 0.25) is 0 Å². The Labute approximate surface area is 123 Å². The molecule has 3 N–H and O–H groups in total. The summed E-state index contributed by atoms with van der Waals surface area (Å²) >= 11 is 0. The number of ether oxygens (including phenoxy) is 1. The lowest BCUT2D eigenvalue weighted by Crippen LogP contribution is -2.40. The van der Waals surface area contributed by atoms with Gasteiger partial charge in [-0.05, 0) is 25.5 Å². The number of nitrogens with one attached hydrogen (secondary N) is 1. The topological polar surface area (TPSA) is 67.6 Å². The van der Waals surface area contributed by atoms with Crippen molar-refractivity contribution in [3.8, 4) is 0 Å². The van der Waals surface area contributed by atoms with Gasteiger partial charge in [-0.3, -0.25) is 10.6 Å². The van der Waals surface area contributed by atoms with E-state index in [0.29, 0.717) is 13.2 Å². The number of hydrogen-bond donors (Lipinski definition) is 2. The van der Waals surface area contributed by atoms with E-state index >= 15 is 0 Å². The number of hydrazine groups is 1. The average Bonchev–Trinajstić information content (AvgIpc) is 2.46. The molecule has 0 saturated carbocycles. The van der Waals surface area contributed by atoms with Crippen molar-refractivity contribution >= 4 is 11.6 Å². The molecule has 1 rings (SSSR count). The third kappa shape index (κ3) is 4.12. The van der Waals surface area contributed by atoms with E-state index in [0.717, 1.165) is 18.6 Å². The summed E-state index contributed by atoms with van der Waals surface area (Å²) in [6.07, 6.45) is 0.725. The molecule has 0 spiro atoms. The Morgan fingerprint density at radius 3 is 2.43 bits per heavy atom. The molecule has 5 nitrogen and oxygen atoms in total. The summed E-state index contributed by atoms with van der Waals surface area (Å²) in [5, 5.41) is 0. The fourth-order valence-electron chi connectivity index (χ4n) is 1.93. The van der Waals surface area contributed by atoms with E-state index in [1.54, 1.807) is 0 Å². The van der Waals surface area contributed by atoms with Gasteiger partial charge in [0.1, 0.15) is 5.69 Å². The van der Waals surface area contributed by atoms with E-state index in [1.165, 1.54) is 12.0 Å². The number of methoxy groups -OCH3 is 1. The van der Waals surface area contributed by atoms with Crippen LogP contribution in [0, 0.1) is 11.6 Å². The molecule has 1 atom stereocenters. The number of benzene rings is 1. The maximum atomic E-state index is 13.7. The van der Waals surface area contributed by atoms with Crippen LogP contribution in [-0.4, -0.2) is 37.1 Å². The van der Waals surface area contributed by atoms with E-state index in [2.05, 4.69) is 0 Å². The third-order valence-corrected chi connectivity index (χ3v) is 3.35. The number of carbonyl (C=O) groups is 1. The molecule has 0 heterocycles. The Morgan fingerprint density at radius 1 is 1.43 bits per heavy atom. The molecule has 0 radical (unpaired) electrons. The number of carbonyl (C=O) groups excluding carboxylic acids is 1. The molecule has 0 fully saturated rings. The molecule has 0 saturated heterocycles. The second-order valence-corrected chi connectivity index (χ2v) is 4.71. The molecule has 0 aliphatic carbocycles. The molecule has 0 bridgehead atoms. The van der Waals surface area contributed by atoms with E-state index in [4.69, 9.17) is 10.6 Å². The number of rotatable bonds is 7. The molecule has 1 amide bonds. The van der Waals surface area contributed by atoms with Crippen LogP contribution < -0.4 is 11.3 Å². The Kier molecular flexibility index (Phi) is 6.51. The monoisotopic (exact) mass is 301 g/mol. The summed E-state index contributed by atoms with van der Waals surface area (Å²) in [4.78, 5) is 14.0. The van der Waals surface area contributed by atoms with Crippen LogP contribution in [-0.2, 0) is 4.74 Å². The van der Waals surface area contributed by atoms with Crippen molar-refractivity contribution in [1.82, 2.24) is 4.90 Å². The molecule has 118 valence electrons. The highest BCUT2D eigenvalue weighted by atomic mass is 19.1. The summed E-state index contributed by atoms with van der Waals surface area (Å²) in [6.45, 7) is 4.50. The first-order valence-corrected chi connectivity index (χ1v) is 6.71. The van der Waals surface area contributed by atoms with Gasteiger partial charge in [-0.15, -0.1) is 0 Å². The largest absolute Gasteiger partial charge is 0.383 e. The maximum absolute atomic E-state index is 13.7. The Balaban J connectivity index is 3.08. The predicted octanol–water partition coefficient (Wildman–Crippen LogP) is 2.14. The van der Waals surface area contributed by atoms with Gasteiger partial charge in [-0.2, -0.15) is 0 Å². The van der Waals surface area contributed by atoms with Gasteiger partial charge in [-0.25, -0.2) is 8.78 Å². The first-order valence-electron chi connectivity index (χ1n) is 6.71. The quantitative estimate of drug-likeness (QED) is 0.598. The number of hydrogen-bond acceptors (Lipinski definition) is 4. The lowest BCUT2D eigenvalue weighted by molar-refractivity contribution is 0.0613. The Hall–Kier alpha value is -1.73. The van der Waals surface area contributed by atoms with Crippen molar-refractivity contribution in [2.75, 3.05) is 25.7 Å². The molecule has 0 aromatic heterocycles. The fraction of sp³-hybridized carbons (Fsp3) is 0.500. The maximum Gasteiger partial charge on any atom is 0.254 e. The van der Waals surface area contributed by atoms with Gasteiger partial charge in [0.25, 0.3) is 5.91 Å². The van der Waals surface area contributed by atoms with Crippen LogP contribution in [0.2, 0.25) is 0 Å². The molecular formula is C14H21F2N3O2. The van der Waals surface area contributed by atoms with Crippen LogP contribution in [0.1, 0.15) is 30.6 Å². The van der Waals surface area contributed by atoms with Gasteiger partial charge in [0.15, 0.2) is 11.6 Å². The first-order chi connectivity index (χ1) is 9.96. The van der Waals surface area contributed by atoms with Crippen molar-refractivity contribution in [1.29, 1.82) is 0 Å². The molecule has 0 aliphatic heterocycles. The predicted molar refractivity (Wildman–Crippen MR) is 76.8 cm³/mol. The normalized spacial score (nSPS) is 12.1. The number of amides is 1.